The lowest BCUT2D eigenvalue weighted by molar-refractivity contribution is -0.132. The highest BCUT2D eigenvalue weighted by molar-refractivity contribution is 6.31. The summed E-state index contributed by atoms with van der Waals surface area (Å²) in [7, 11) is 0. The molecule has 2 aliphatic rings. The van der Waals surface area contributed by atoms with E-state index < -0.39 is 6.04 Å². The number of urea groups is 1. The summed E-state index contributed by atoms with van der Waals surface area (Å²) in [6.45, 7) is 8.62. The first-order chi connectivity index (χ1) is 13.8. The number of carbonyl (C=O) groups excluding carboxylic acids is 3. The molecule has 3 rings (SSSR count). The highest BCUT2D eigenvalue weighted by atomic mass is 35.5. The van der Waals surface area contributed by atoms with Gasteiger partial charge in [0.25, 0.3) is 5.91 Å². The average molecular weight is 417 g/mol. The van der Waals surface area contributed by atoms with Crippen molar-refractivity contribution in [3.63, 3.8) is 0 Å². The Hall–Kier alpha value is -2.80. The summed E-state index contributed by atoms with van der Waals surface area (Å²) in [5.41, 5.74) is 1.67. The Kier molecular flexibility index (Phi) is 6.27. The molecule has 0 saturated heterocycles. The van der Waals surface area contributed by atoms with Crippen molar-refractivity contribution in [3.8, 4) is 0 Å². The molecule has 0 aliphatic carbocycles. The van der Waals surface area contributed by atoms with Gasteiger partial charge < -0.3 is 15.5 Å². The maximum Gasteiger partial charge on any atom is 0.322 e. The Morgan fingerprint density at radius 2 is 2.10 bits per heavy atom. The minimum absolute atomic E-state index is 0.0656. The number of hydrogen-bond acceptors (Lipinski definition) is 3. The predicted molar refractivity (Wildman–Crippen MR) is 111 cm³/mol. The van der Waals surface area contributed by atoms with Crippen molar-refractivity contribution in [3.05, 3.63) is 58.8 Å². The molecular weight excluding hydrogens is 392 g/mol. The van der Waals surface area contributed by atoms with Crippen molar-refractivity contribution in [1.29, 1.82) is 0 Å². The quantitative estimate of drug-likeness (QED) is 0.670. The lowest BCUT2D eigenvalue weighted by Gasteiger charge is -2.33. The van der Waals surface area contributed by atoms with Gasteiger partial charge in [0.1, 0.15) is 6.54 Å². The van der Waals surface area contributed by atoms with Gasteiger partial charge in [-0.15, -0.1) is 6.58 Å². The lowest BCUT2D eigenvalue weighted by atomic mass is 9.95. The number of rotatable bonds is 7. The first-order valence-electron chi connectivity index (χ1n) is 9.55. The number of amides is 4. The molecule has 1 atom stereocenters. The summed E-state index contributed by atoms with van der Waals surface area (Å²) in [5.74, 6) is -0.191. The SMILES string of the molecule is C=CCN1C(=O)NC(c2ccccc2Cl)C2=C1CN(CC(=O)NCC(C)C)C2=O. The third-order valence-electron chi connectivity index (χ3n) is 4.87. The summed E-state index contributed by atoms with van der Waals surface area (Å²) in [6.07, 6.45) is 1.60. The molecule has 0 fully saturated rings. The molecule has 2 N–H and O–H groups in total. The van der Waals surface area contributed by atoms with Crippen LogP contribution in [0.1, 0.15) is 25.5 Å². The molecule has 0 bridgehead atoms. The fourth-order valence-corrected chi connectivity index (χ4v) is 3.73. The van der Waals surface area contributed by atoms with Crippen LogP contribution in [-0.2, 0) is 9.59 Å². The van der Waals surface area contributed by atoms with E-state index in [4.69, 9.17) is 11.6 Å². The van der Waals surface area contributed by atoms with Crippen LogP contribution >= 0.6 is 11.6 Å². The molecule has 0 radical (unpaired) electrons. The largest absolute Gasteiger partial charge is 0.354 e. The van der Waals surface area contributed by atoms with Crippen molar-refractivity contribution in [1.82, 2.24) is 20.4 Å². The Morgan fingerprint density at radius 3 is 2.76 bits per heavy atom. The van der Waals surface area contributed by atoms with E-state index in [1.54, 1.807) is 30.3 Å². The monoisotopic (exact) mass is 416 g/mol. The van der Waals surface area contributed by atoms with Crippen LogP contribution in [0.2, 0.25) is 5.02 Å². The first-order valence-corrected chi connectivity index (χ1v) is 9.93. The number of benzene rings is 1. The second-order valence-electron chi connectivity index (χ2n) is 7.52. The minimum atomic E-state index is -0.663. The highest BCUT2D eigenvalue weighted by Crippen LogP contribution is 2.38. The zero-order valence-corrected chi connectivity index (χ0v) is 17.3. The Balaban J connectivity index is 1.91. The molecule has 0 saturated carbocycles. The summed E-state index contributed by atoms with van der Waals surface area (Å²) in [5, 5.41) is 6.16. The van der Waals surface area contributed by atoms with Crippen molar-refractivity contribution < 1.29 is 14.4 Å². The molecule has 1 unspecified atom stereocenters. The van der Waals surface area contributed by atoms with Crippen molar-refractivity contribution in [2.75, 3.05) is 26.2 Å². The smallest absolute Gasteiger partial charge is 0.322 e. The first kappa shape index (κ1) is 20.9. The summed E-state index contributed by atoms with van der Waals surface area (Å²) in [4.78, 5) is 41.1. The van der Waals surface area contributed by atoms with E-state index in [2.05, 4.69) is 17.2 Å². The van der Waals surface area contributed by atoms with Gasteiger partial charge in [0, 0.05) is 18.1 Å². The van der Waals surface area contributed by atoms with Crippen LogP contribution in [0.3, 0.4) is 0 Å². The van der Waals surface area contributed by atoms with Crippen molar-refractivity contribution >= 4 is 29.4 Å². The normalized spacial score (nSPS) is 18.8. The van der Waals surface area contributed by atoms with Gasteiger partial charge in [-0.3, -0.25) is 14.5 Å². The van der Waals surface area contributed by atoms with Crippen molar-refractivity contribution in [2.24, 2.45) is 5.92 Å². The van der Waals surface area contributed by atoms with E-state index in [0.29, 0.717) is 34.3 Å². The second-order valence-corrected chi connectivity index (χ2v) is 7.93. The Morgan fingerprint density at radius 1 is 1.38 bits per heavy atom. The van der Waals surface area contributed by atoms with E-state index >= 15 is 0 Å². The van der Waals surface area contributed by atoms with E-state index in [0.717, 1.165) is 0 Å². The molecular formula is C21H25ClN4O3. The molecule has 8 heteroatoms. The molecule has 2 aliphatic heterocycles. The van der Waals surface area contributed by atoms with Crippen LogP contribution in [0.5, 0.6) is 0 Å². The summed E-state index contributed by atoms with van der Waals surface area (Å²) < 4.78 is 0. The zero-order chi connectivity index (χ0) is 21.1. The van der Waals surface area contributed by atoms with Gasteiger partial charge in [-0.05, 0) is 17.5 Å². The van der Waals surface area contributed by atoms with E-state index in [-0.39, 0.29) is 37.5 Å². The maximum atomic E-state index is 13.2. The molecule has 1 aromatic carbocycles. The molecule has 0 spiro atoms. The molecule has 0 aromatic heterocycles. The average Bonchev–Trinajstić information content (AvgIpc) is 2.99. The van der Waals surface area contributed by atoms with E-state index in [9.17, 15) is 14.4 Å². The van der Waals surface area contributed by atoms with Gasteiger partial charge in [-0.25, -0.2) is 4.79 Å². The van der Waals surface area contributed by atoms with Crippen LogP contribution in [0.4, 0.5) is 4.79 Å². The lowest BCUT2D eigenvalue weighted by Crippen LogP contribution is -2.47. The third kappa shape index (κ3) is 4.29. The number of carbonyl (C=O) groups is 3. The maximum absolute atomic E-state index is 13.2. The summed E-state index contributed by atoms with van der Waals surface area (Å²) in [6, 6.07) is 6.11. The highest BCUT2D eigenvalue weighted by Gasteiger charge is 2.44. The number of halogens is 1. The molecule has 7 nitrogen and oxygen atoms in total. The van der Waals surface area contributed by atoms with Gasteiger partial charge in [-0.2, -0.15) is 0 Å². The van der Waals surface area contributed by atoms with E-state index in [1.165, 1.54) is 9.80 Å². The standard InChI is InChI=1S/C21H25ClN4O3/c1-4-9-26-16-11-25(12-17(27)23-10-13(2)3)20(28)18(16)19(24-21(26)29)14-7-5-6-8-15(14)22/h4-8,13,19H,1,9-12H2,2-3H3,(H,23,27)(H,24,29). The number of hydrogen-bond donors (Lipinski definition) is 2. The Labute approximate surface area is 175 Å². The fraction of sp³-hybridized carbons (Fsp3) is 0.381. The topological polar surface area (TPSA) is 81.8 Å². The third-order valence-corrected chi connectivity index (χ3v) is 5.21. The van der Waals surface area contributed by atoms with Gasteiger partial charge in [0.2, 0.25) is 5.91 Å². The second kappa shape index (κ2) is 8.69. The fourth-order valence-electron chi connectivity index (χ4n) is 3.49. The number of nitrogens with one attached hydrogen (secondary N) is 2. The molecule has 2 heterocycles. The Bertz CT molecular complexity index is 880. The van der Waals surface area contributed by atoms with Crippen molar-refractivity contribution in [2.45, 2.75) is 19.9 Å². The van der Waals surface area contributed by atoms with Crippen LogP contribution in [-0.4, -0.2) is 53.8 Å². The molecule has 29 heavy (non-hydrogen) atoms. The molecule has 4 amide bonds. The van der Waals surface area contributed by atoms with Gasteiger partial charge >= 0.3 is 6.03 Å². The van der Waals surface area contributed by atoms with Crippen LogP contribution in [0.15, 0.2) is 48.2 Å². The zero-order valence-electron chi connectivity index (χ0n) is 16.6. The van der Waals surface area contributed by atoms with Gasteiger partial charge in [0.05, 0.1) is 23.9 Å². The number of nitrogens with zero attached hydrogens (tertiary/aromatic N) is 2. The molecule has 154 valence electrons. The predicted octanol–water partition coefficient (Wildman–Crippen LogP) is 2.46. The van der Waals surface area contributed by atoms with Gasteiger partial charge in [0.15, 0.2) is 0 Å². The van der Waals surface area contributed by atoms with Crippen LogP contribution in [0.25, 0.3) is 0 Å². The molecule has 1 aromatic rings. The van der Waals surface area contributed by atoms with E-state index in [1.807, 2.05) is 13.8 Å². The van der Waals surface area contributed by atoms with Crippen LogP contribution < -0.4 is 10.6 Å². The van der Waals surface area contributed by atoms with Gasteiger partial charge in [-0.1, -0.05) is 49.7 Å². The minimum Gasteiger partial charge on any atom is -0.354 e. The summed E-state index contributed by atoms with van der Waals surface area (Å²) >= 11 is 6.34. The van der Waals surface area contributed by atoms with Crippen LogP contribution in [0, 0.1) is 5.92 Å².